The minimum absolute atomic E-state index is 0.0196. The van der Waals surface area contributed by atoms with Crippen LogP contribution in [0.15, 0.2) is 36.4 Å². The van der Waals surface area contributed by atoms with E-state index in [1.54, 1.807) is 0 Å². The Morgan fingerprint density at radius 2 is 2.00 bits per heavy atom. The summed E-state index contributed by atoms with van der Waals surface area (Å²) < 4.78 is 19.6. The molecule has 1 aliphatic rings. The summed E-state index contributed by atoms with van der Waals surface area (Å²) in [5, 5.41) is 8.90. The van der Waals surface area contributed by atoms with E-state index in [2.05, 4.69) is 0 Å². The van der Waals surface area contributed by atoms with E-state index in [0.29, 0.717) is 5.75 Å². The maximum absolute atomic E-state index is 14.0. The molecule has 3 rings (SSSR count). The number of aromatic carboxylic acids is 1. The molecule has 2 aromatic rings. The molecule has 1 aliphatic carbocycles. The number of carboxylic acid groups (broad SMARTS) is 1. The van der Waals surface area contributed by atoms with E-state index in [9.17, 15) is 9.18 Å². The topological polar surface area (TPSA) is 46.5 Å². The highest BCUT2D eigenvalue weighted by molar-refractivity contribution is 5.88. The highest BCUT2D eigenvalue weighted by Gasteiger charge is 2.15. The Bertz CT molecular complexity index is 694. The van der Waals surface area contributed by atoms with Crippen LogP contribution in [0.1, 0.15) is 33.5 Å². The second-order valence-corrected chi connectivity index (χ2v) is 5.16. The summed E-state index contributed by atoms with van der Waals surface area (Å²) >= 11 is 0. The number of carboxylic acids is 1. The van der Waals surface area contributed by atoms with Gasteiger partial charge in [0.25, 0.3) is 0 Å². The molecule has 0 spiro atoms. The van der Waals surface area contributed by atoms with Gasteiger partial charge in [-0.15, -0.1) is 0 Å². The van der Waals surface area contributed by atoms with Crippen LogP contribution in [-0.2, 0) is 19.4 Å². The lowest BCUT2D eigenvalue weighted by atomic mass is 10.1. The summed E-state index contributed by atoms with van der Waals surface area (Å²) in [7, 11) is 0. The minimum atomic E-state index is -1.27. The lowest BCUT2D eigenvalue weighted by Crippen LogP contribution is -2.06. The van der Waals surface area contributed by atoms with Crippen LogP contribution in [0.3, 0.4) is 0 Å². The first kappa shape index (κ1) is 13.6. The summed E-state index contributed by atoms with van der Waals surface area (Å²) in [6.07, 6.45) is 3.31. The van der Waals surface area contributed by atoms with Crippen LogP contribution in [-0.4, -0.2) is 11.1 Å². The number of carbonyl (C=O) groups is 1. The van der Waals surface area contributed by atoms with Crippen LogP contribution < -0.4 is 4.74 Å². The van der Waals surface area contributed by atoms with E-state index >= 15 is 0 Å². The molecule has 0 aliphatic heterocycles. The fourth-order valence-corrected chi connectivity index (χ4v) is 2.66. The smallest absolute Gasteiger partial charge is 0.338 e. The molecular formula is C17H15FO3. The van der Waals surface area contributed by atoms with Crippen molar-refractivity contribution in [3.8, 4) is 5.75 Å². The molecule has 4 heteroatoms. The first-order valence-electron chi connectivity index (χ1n) is 6.90. The number of hydrogen-bond acceptors (Lipinski definition) is 2. The van der Waals surface area contributed by atoms with Gasteiger partial charge in [-0.05, 0) is 48.6 Å². The molecule has 0 saturated carbocycles. The van der Waals surface area contributed by atoms with Gasteiger partial charge in [-0.3, -0.25) is 0 Å². The number of hydrogen-bond donors (Lipinski definition) is 1. The molecule has 0 bridgehead atoms. The van der Waals surface area contributed by atoms with Gasteiger partial charge in [0.05, 0.1) is 5.56 Å². The summed E-state index contributed by atoms with van der Waals surface area (Å²) in [5.41, 5.74) is 2.55. The largest absolute Gasteiger partial charge is 0.489 e. The van der Waals surface area contributed by atoms with E-state index < -0.39 is 11.8 Å². The Morgan fingerprint density at radius 1 is 1.19 bits per heavy atom. The zero-order chi connectivity index (χ0) is 14.8. The fourth-order valence-electron chi connectivity index (χ4n) is 2.66. The van der Waals surface area contributed by atoms with Crippen molar-refractivity contribution in [2.45, 2.75) is 25.9 Å². The van der Waals surface area contributed by atoms with Gasteiger partial charge in [-0.1, -0.05) is 18.2 Å². The Hall–Kier alpha value is -2.36. The third kappa shape index (κ3) is 2.75. The number of halogens is 1. The van der Waals surface area contributed by atoms with Crippen molar-refractivity contribution in [2.24, 2.45) is 0 Å². The number of aryl methyl sites for hydroxylation is 2. The molecule has 108 valence electrons. The van der Waals surface area contributed by atoms with Crippen LogP contribution in [0, 0.1) is 5.82 Å². The summed E-state index contributed by atoms with van der Waals surface area (Å²) in [4.78, 5) is 10.9. The molecule has 0 amide bonds. The number of ether oxygens (including phenoxy) is 1. The predicted molar refractivity (Wildman–Crippen MR) is 76.2 cm³/mol. The normalized spacial score (nSPS) is 13.0. The molecule has 3 nitrogen and oxygen atoms in total. The molecule has 0 saturated heterocycles. The lowest BCUT2D eigenvalue weighted by molar-refractivity contribution is 0.0691. The Morgan fingerprint density at radius 3 is 2.81 bits per heavy atom. The maximum atomic E-state index is 14.0. The second kappa shape index (κ2) is 5.56. The summed E-state index contributed by atoms with van der Waals surface area (Å²) in [6.45, 7) is 0.0196. The van der Waals surface area contributed by atoms with Gasteiger partial charge in [0.2, 0.25) is 0 Å². The van der Waals surface area contributed by atoms with Gasteiger partial charge in [-0.2, -0.15) is 0 Å². The van der Waals surface area contributed by atoms with Crippen LogP contribution in [0.2, 0.25) is 0 Å². The SMILES string of the molecule is O=C(O)c1cccc(COc2ccc3c(c2)CCC3)c1F. The third-order valence-corrected chi connectivity index (χ3v) is 3.77. The molecule has 2 aromatic carbocycles. The van der Waals surface area contributed by atoms with Crippen LogP contribution in [0.25, 0.3) is 0 Å². The Kier molecular flexibility index (Phi) is 3.60. The molecule has 0 aromatic heterocycles. The van der Waals surface area contributed by atoms with Gasteiger partial charge in [0.15, 0.2) is 0 Å². The number of fused-ring (bicyclic) bond motifs is 1. The van der Waals surface area contributed by atoms with Gasteiger partial charge >= 0.3 is 5.97 Å². The van der Waals surface area contributed by atoms with Crippen molar-refractivity contribution < 1.29 is 19.0 Å². The van der Waals surface area contributed by atoms with Crippen LogP contribution in [0.5, 0.6) is 5.75 Å². The second-order valence-electron chi connectivity index (χ2n) is 5.16. The third-order valence-electron chi connectivity index (χ3n) is 3.77. The molecule has 0 radical (unpaired) electrons. The van der Waals surface area contributed by atoms with Crippen molar-refractivity contribution in [1.29, 1.82) is 0 Å². The van der Waals surface area contributed by atoms with Crippen LogP contribution >= 0.6 is 0 Å². The lowest BCUT2D eigenvalue weighted by Gasteiger charge is -2.10. The molecule has 0 unspecified atom stereocenters. The monoisotopic (exact) mass is 286 g/mol. The molecular weight excluding hydrogens is 271 g/mol. The van der Waals surface area contributed by atoms with Crippen molar-refractivity contribution >= 4 is 5.97 Å². The fraction of sp³-hybridized carbons (Fsp3) is 0.235. The molecule has 0 heterocycles. The van der Waals surface area contributed by atoms with E-state index in [-0.39, 0.29) is 17.7 Å². The predicted octanol–water partition coefficient (Wildman–Crippen LogP) is 3.59. The Balaban J connectivity index is 1.76. The minimum Gasteiger partial charge on any atom is -0.489 e. The first-order valence-corrected chi connectivity index (χ1v) is 6.90. The maximum Gasteiger partial charge on any atom is 0.338 e. The Labute approximate surface area is 122 Å². The highest BCUT2D eigenvalue weighted by Crippen LogP contribution is 2.26. The van der Waals surface area contributed by atoms with E-state index in [1.807, 2.05) is 18.2 Å². The zero-order valence-electron chi connectivity index (χ0n) is 11.4. The summed E-state index contributed by atoms with van der Waals surface area (Å²) in [6, 6.07) is 10.2. The van der Waals surface area contributed by atoms with Gasteiger partial charge in [-0.25, -0.2) is 9.18 Å². The zero-order valence-corrected chi connectivity index (χ0v) is 11.4. The first-order chi connectivity index (χ1) is 10.1. The quantitative estimate of drug-likeness (QED) is 0.934. The standard InChI is InChI=1S/C17H15FO3/c18-16-13(5-2-6-15(16)17(19)20)10-21-14-8-7-11-3-1-4-12(11)9-14/h2,5-9H,1,3-4,10H2,(H,19,20). The number of rotatable bonds is 4. The van der Waals surface area contributed by atoms with E-state index in [1.165, 1.54) is 29.3 Å². The van der Waals surface area contributed by atoms with Gasteiger partial charge in [0, 0.05) is 5.56 Å². The van der Waals surface area contributed by atoms with Crippen molar-refractivity contribution in [3.63, 3.8) is 0 Å². The molecule has 0 fully saturated rings. The molecule has 21 heavy (non-hydrogen) atoms. The molecule has 0 atom stereocenters. The van der Waals surface area contributed by atoms with Crippen molar-refractivity contribution in [3.05, 3.63) is 64.5 Å². The van der Waals surface area contributed by atoms with Crippen molar-refractivity contribution in [2.75, 3.05) is 0 Å². The average molecular weight is 286 g/mol. The van der Waals surface area contributed by atoms with Crippen LogP contribution in [0.4, 0.5) is 4.39 Å². The number of benzene rings is 2. The van der Waals surface area contributed by atoms with E-state index in [4.69, 9.17) is 9.84 Å². The van der Waals surface area contributed by atoms with E-state index in [0.717, 1.165) is 19.3 Å². The van der Waals surface area contributed by atoms with Crippen molar-refractivity contribution in [1.82, 2.24) is 0 Å². The van der Waals surface area contributed by atoms with Gasteiger partial charge < -0.3 is 9.84 Å². The molecule has 1 N–H and O–H groups in total. The van der Waals surface area contributed by atoms with Gasteiger partial charge in [0.1, 0.15) is 18.2 Å². The highest BCUT2D eigenvalue weighted by atomic mass is 19.1. The summed E-state index contributed by atoms with van der Waals surface area (Å²) in [5.74, 6) is -1.31. The average Bonchev–Trinajstić information content (AvgIpc) is 2.93.